The molecular formula is C30H31N3O6. The topological polar surface area (TPSA) is 122 Å². The molecule has 39 heavy (non-hydrogen) atoms. The Kier molecular flexibility index (Phi) is 9.13. The lowest BCUT2D eigenvalue weighted by Crippen LogP contribution is -2.44. The number of hydrogen-bond acceptors (Lipinski definition) is 7. The predicted octanol–water partition coefficient (Wildman–Crippen LogP) is 3.58. The zero-order chi connectivity index (χ0) is 27.8. The van der Waals surface area contributed by atoms with E-state index in [-0.39, 0.29) is 23.9 Å². The molecule has 202 valence electrons. The molecule has 9 nitrogen and oxygen atoms in total. The Bertz CT molecular complexity index is 1390. The van der Waals surface area contributed by atoms with Gasteiger partial charge in [0.2, 0.25) is 5.56 Å². The van der Waals surface area contributed by atoms with Gasteiger partial charge in [-0.25, -0.2) is 0 Å². The van der Waals surface area contributed by atoms with E-state index in [2.05, 4.69) is 11.1 Å². The van der Waals surface area contributed by atoms with Crippen LogP contribution in [-0.2, 0) is 20.7 Å². The molecule has 1 amide bonds. The summed E-state index contributed by atoms with van der Waals surface area (Å²) in [6.45, 7) is 1.24. The molecule has 0 bridgehead atoms. The van der Waals surface area contributed by atoms with Crippen molar-refractivity contribution >= 4 is 11.9 Å². The van der Waals surface area contributed by atoms with Crippen molar-refractivity contribution < 1.29 is 23.8 Å². The molecule has 9 heteroatoms. The highest BCUT2D eigenvalue weighted by atomic mass is 16.5. The summed E-state index contributed by atoms with van der Waals surface area (Å²) in [6.07, 6.45) is 3.29. The summed E-state index contributed by atoms with van der Waals surface area (Å²) in [7, 11) is 2.92. The van der Waals surface area contributed by atoms with Gasteiger partial charge in [0.1, 0.15) is 12.4 Å². The minimum Gasteiger partial charge on any atom is -0.491 e. The van der Waals surface area contributed by atoms with Crippen LogP contribution >= 0.6 is 0 Å². The number of aromatic nitrogens is 1. The number of nitriles is 1. The molecule has 1 aromatic heterocycles. The van der Waals surface area contributed by atoms with Crippen molar-refractivity contribution in [2.45, 2.75) is 25.3 Å². The fraction of sp³-hybridized carbons (Fsp3) is 0.333. The lowest BCUT2D eigenvalue weighted by molar-refractivity contribution is -0.147. The summed E-state index contributed by atoms with van der Waals surface area (Å²) in [5.74, 6) is -0.658. The molecule has 1 saturated heterocycles. The van der Waals surface area contributed by atoms with Crippen LogP contribution in [0.25, 0.3) is 11.1 Å². The molecule has 0 saturated carbocycles. The summed E-state index contributed by atoms with van der Waals surface area (Å²) in [5.41, 5.74) is 3.18. The molecule has 2 aromatic carbocycles. The van der Waals surface area contributed by atoms with E-state index >= 15 is 0 Å². The van der Waals surface area contributed by atoms with E-state index < -0.39 is 11.9 Å². The van der Waals surface area contributed by atoms with Crippen LogP contribution in [0.1, 0.15) is 34.3 Å². The second kappa shape index (κ2) is 12.9. The smallest absolute Gasteiger partial charge is 0.311 e. The summed E-state index contributed by atoms with van der Waals surface area (Å²) in [4.78, 5) is 42.4. The monoisotopic (exact) mass is 529 g/mol. The van der Waals surface area contributed by atoms with Crippen LogP contribution in [0.3, 0.4) is 0 Å². The quantitative estimate of drug-likeness (QED) is 0.315. The Morgan fingerprint density at radius 3 is 2.51 bits per heavy atom. The third-order valence-electron chi connectivity index (χ3n) is 6.95. The normalized spacial score (nSPS) is 15.4. The Labute approximate surface area is 226 Å². The number of carbonyl (C=O) groups is 2. The maximum atomic E-state index is 13.6. The van der Waals surface area contributed by atoms with Crippen LogP contribution in [0.5, 0.6) is 5.75 Å². The van der Waals surface area contributed by atoms with Crippen molar-refractivity contribution in [3.8, 4) is 22.9 Å². The summed E-state index contributed by atoms with van der Waals surface area (Å²) < 4.78 is 16.1. The van der Waals surface area contributed by atoms with Crippen LogP contribution in [0.4, 0.5) is 0 Å². The number of benzene rings is 2. The number of hydrogen-bond donors (Lipinski definition) is 1. The average Bonchev–Trinajstić information content (AvgIpc) is 3.46. The summed E-state index contributed by atoms with van der Waals surface area (Å²) >= 11 is 0. The number of rotatable bonds is 10. The zero-order valence-corrected chi connectivity index (χ0v) is 22.0. The second-order valence-electron chi connectivity index (χ2n) is 9.34. The van der Waals surface area contributed by atoms with E-state index in [9.17, 15) is 19.6 Å². The molecule has 1 N–H and O–H groups in total. The summed E-state index contributed by atoms with van der Waals surface area (Å²) in [6, 6.07) is 17.2. The molecular weight excluding hydrogens is 498 g/mol. The molecule has 2 heterocycles. The van der Waals surface area contributed by atoms with Gasteiger partial charge in [0.05, 0.1) is 31.3 Å². The molecule has 0 spiro atoms. The van der Waals surface area contributed by atoms with Crippen LogP contribution in [0.2, 0.25) is 0 Å². The van der Waals surface area contributed by atoms with Crippen LogP contribution in [0.15, 0.2) is 65.6 Å². The molecule has 0 radical (unpaired) electrons. The second-order valence-corrected chi connectivity index (χ2v) is 9.34. The minimum atomic E-state index is -0.638. The van der Waals surface area contributed by atoms with Crippen LogP contribution < -0.4 is 10.3 Å². The number of esters is 1. The first-order chi connectivity index (χ1) is 18.9. The largest absolute Gasteiger partial charge is 0.491 e. The van der Waals surface area contributed by atoms with Crippen molar-refractivity contribution in [2.75, 3.05) is 34.0 Å². The fourth-order valence-corrected chi connectivity index (χ4v) is 4.97. The first-order valence-corrected chi connectivity index (χ1v) is 12.8. The number of nitrogens with one attached hydrogen (secondary N) is 1. The number of aromatic amines is 1. The van der Waals surface area contributed by atoms with Gasteiger partial charge in [-0.05, 0) is 72.4 Å². The van der Waals surface area contributed by atoms with Gasteiger partial charge in [0.25, 0.3) is 5.91 Å². The molecule has 4 rings (SSSR count). The van der Waals surface area contributed by atoms with Gasteiger partial charge in [0.15, 0.2) is 0 Å². The van der Waals surface area contributed by atoms with Gasteiger partial charge >= 0.3 is 5.97 Å². The Morgan fingerprint density at radius 1 is 1.08 bits per heavy atom. The lowest BCUT2D eigenvalue weighted by atomic mass is 9.89. The van der Waals surface area contributed by atoms with Crippen molar-refractivity contribution in [2.24, 2.45) is 5.92 Å². The Morgan fingerprint density at radius 2 is 1.85 bits per heavy atom. The Balaban J connectivity index is 1.58. The van der Waals surface area contributed by atoms with E-state index in [1.807, 2.05) is 12.1 Å². The first-order valence-electron chi connectivity index (χ1n) is 12.8. The zero-order valence-electron chi connectivity index (χ0n) is 22.0. The van der Waals surface area contributed by atoms with Gasteiger partial charge in [-0.2, -0.15) is 5.26 Å². The van der Waals surface area contributed by atoms with Crippen LogP contribution in [0, 0.1) is 17.2 Å². The molecule has 1 fully saturated rings. The van der Waals surface area contributed by atoms with Gasteiger partial charge in [-0.3, -0.25) is 14.4 Å². The maximum absolute atomic E-state index is 13.6. The fourth-order valence-electron chi connectivity index (χ4n) is 4.97. The van der Waals surface area contributed by atoms with Gasteiger partial charge in [-0.15, -0.1) is 0 Å². The number of ether oxygens (including phenoxy) is 3. The molecule has 2 atom stereocenters. The number of likely N-dealkylation sites (tertiary alicyclic amines) is 1. The molecule has 1 aliphatic rings. The minimum absolute atomic E-state index is 0.165. The highest BCUT2D eigenvalue weighted by molar-refractivity contribution is 5.95. The highest BCUT2D eigenvalue weighted by Crippen LogP contribution is 2.32. The molecule has 0 aliphatic carbocycles. The molecule has 3 aromatic rings. The lowest BCUT2D eigenvalue weighted by Gasteiger charge is -2.31. The van der Waals surface area contributed by atoms with Gasteiger partial charge in [-0.1, -0.05) is 12.1 Å². The van der Waals surface area contributed by atoms with E-state index in [0.717, 1.165) is 17.5 Å². The van der Waals surface area contributed by atoms with Gasteiger partial charge in [0, 0.05) is 37.5 Å². The van der Waals surface area contributed by atoms with E-state index in [0.29, 0.717) is 48.6 Å². The third-order valence-corrected chi connectivity index (χ3v) is 6.95. The SMILES string of the molecule is COCCOc1ccc(C#N)cc1CC(C(=O)OC)[C@H]1CCCN1C(=O)c1ccc(-c2ccc(=O)[nH]c2)cc1. The highest BCUT2D eigenvalue weighted by Gasteiger charge is 2.39. The Hall–Kier alpha value is -4.42. The molecule has 1 unspecified atom stereocenters. The number of methoxy groups -OCH3 is 2. The van der Waals surface area contributed by atoms with Crippen molar-refractivity contribution in [3.05, 3.63) is 87.8 Å². The van der Waals surface area contributed by atoms with E-state index in [1.54, 1.807) is 54.6 Å². The van der Waals surface area contributed by atoms with E-state index in [4.69, 9.17) is 14.2 Å². The van der Waals surface area contributed by atoms with Crippen LogP contribution in [-0.4, -0.2) is 61.8 Å². The average molecular weight is 530 g/mol. The number of carbonyl (C=O) groups excluding carboxylic acids is 2. The van der Waals surface area contributed by atoms with Gasteiger partial charge < -0.3 is 24.1 Å². The number of H-pyrrole nitrogens is 1. The molecule has 1 aliphatic heterocycles. The standard InChI is InChI=1S/C30H31N3O6/c1-37-14-15-39-27-11-5-20(18-31)16-24(27)17-25(30(36)38-2)26-4-3-13-33(26)29(35)22-8-6-21(7-9-22)23-10-12-28(34)32-19-23/h5-12,16,19,25-26H,3-4,13-15,17H2,1-2H3,(H,32,34)/t25?,26-/m1/s1. The number of pyridine rings is 1. The van der Waals surface area contributed by atoms with Crippen molar-refractivity contribution in [1.82, 2.24) is 9.88 Å². The summed E-state index contributed by atoms with van der Waals surface area (Å²) in [5, 5.41) is 9.44. The van der Waals surface area contributed by atoms with Crippen molar-refractivity contribution in [1.29, 1.82) is 5.26 Å². The maximum Gasteiger partial charge on any atom is 0.311 e. The van der Waals surface area contributed by atoms with Crippen molar-refractivity contribution in [3.63, 3.8) is 0 Å². The number of amides is 1. The van der Waals surface area contributed by atoms with E-state index in [1.165, 1.54) is 13.2 Å². The first kappa shape index (κ1) is 27.6. The predicted molar refractivity (Wildman–Crippen MR) is 144 cm³/mol. The number of nitrogens with zero attached hydrogens (tertiary/aromatic N) is 2. The third kappa shape index (κ3) is 6.54.